The highest BCUT2D eigenvalue weighted by atomic mass is 15.2. The van der Waals surface area contributed by atoms with Crippen LogP contribution in [0.3, 0.4) is 0 Å². The second-order valence-corrected chi connectivity index (χ2v) is 4.83. The van der Waals surface area contributed by atoms with Crippen LogP contribution >= 0.6 is 0 Å². The van der Waals surface area contributed by atoms with Crippen LogP contribution in [0.5, 0.6) is 0 Å². The predicted molar refractivity (Wildman–Crippen MR) is 69.0 cm³/mol. The molecule has 2 aromatic rings. The summed E-state index contributed by atoms with van der Waals surface area (Å²) in [7, 11) is 2.16. The van der Waals surface area contributed by atoms with E-state index in [1.807, 2.05) is 13.0 Å². The minimum Gasteiger partial charge on any atom is -0.298 e. The van der Waals surface area contributed by atoms with Crippen LogP contribution in [0.2, 0.25) is 0 Å². The lowest BCUT2D eigenvalue weighted by Crippen LogP contribution is -2.19. The Morgan fingerprint density at radius 3 is 2.94 bits per heavy atom. The summed E-state index contributed by atoms with van der Waals surface area (Å²) in [4.78, 5) is 11.4. The summed E-state index contributed by atoms with van der Waals surface area (Å²) in [6, 6.07) is 4.44. The number of aromatic nitrogens is 4. The normalized spacial score (nSPS) is 20.4. The van der Waals surface area contributed by atoms with E-state index in [9.17, 15) is 0 Å². The van der Waals surface area contributed by atoms with E-state index in [1.54, 1.807) is 6.20 Å². The number of aryl methyl sites for hydroxylation is 1. The van der Waals surface area contributed by atoms with Crippen molar-refractivity contribution in [1.82, 2.24) is 25.1 Å². The molecule has 1 fully saturated rings. The van der Waals surface area contributed by atoms with Gasteiger partial charge in [-0.05, 0) is 45.5 Å². The second-order valence-electron chi connectivity index (χ2n) is 4.83. The average Bonchev–Trinajstić information content (AvgIpc) is 2.98. The Labute approximate surface area is 106 Å². The lowest BCUT2D eigenvalue weighted by Gasteiger charge is -2.19. The van der Waals surface area contributed by atoms with Gasteiger partial charge in [-0.3, -0.25) is 10.00 Å². The van der Waals surface area contributed by atoms with E-state index in [1.165, 1.54) is 12.8 Å². The van der Waals surface area contributed by atoms with Gasteiger partial charge in [0.25, 0.3) is 0 Å². The van der Waals surface area contributed by atoms with Gasteiger partial charge in [-0.25, -0.2) is 9.97 Å². The summed E-state index contributed by atoms with van der Waals surface area (Å²) < 4.78 is 0. The van der Waals surface area contributed by atoms with Crippen LogP contribution in [0.1, 0.15) is 30.4 Å². The van der Waals surface area contributed by atoms with E-state index in [0.717, 1.165) is 29.5 Å². The van der Waals surface area contributed by atoms with Crippen LogP contribution in [-0.4, -0.2) is 38.7 Å². The molecule has 1 aliphatic heterocycles. The van der Waals surface area contributed by atoms with Crippen LogP contribution in [0.25, 0.3) is 11.4 Å². The molecule has 0 unspecified atom stereocenters. The topological polar surface area (TPSA) is 57.7 Å². The standard InChI is InChI=1S/C13H17N5/c1-9-15-11(10-5-6-14-17-10)8-12(16-9)13-4-3-7-18(13)2/h5-6,8,13H,3-4,7H2,1-2H3,(H,14,17)/t13-/m1/s1. The fourth-order valence-electron chi connectivity index (χ4n) is 2.58. The number of nitrogens with one attached hydrogen (secondary N) is 1. The summed E-state index contributed by atoms with van der Waals surface area (Å²) in [6.07, 6.45) is 4.16. The van der Waals surface area contributed by atoms with Crippen LogP contribution < -0.4 is 0 Å². The lowest BCUT2D eigenvalue weighted by atomic mass is 10.1. The number of aromatic amines is 1. The van der Waals surface area contributed by atoms with Crippen molar-refractivity contribution in [1.29, 1.82) is 0 Å². The number of hydrogen-bond donors (Lipinski definition) is 1. The molecule has 1 aliphatic rings. The Morgan fingerprint density at radius 2 is 2.28 bits per heavy atom. The maximum Gasteiger partial charge on any atom is 0.126 e. The number of nitrogens with zero attached hydrogens (tertiary/aromatic N) is 4. The molecule has 0 amide bonds. The van der Waals surface area contributed by atoms with Crippen molar-refractivity contribution < 1.29 is 0 Å². The van der Waals surface area contributed by atoms with E-state index >= 15 is 0 Å². The molecule has 18 heavy (non-hydrogen) atoms. The van der Waals surface area contributed by atoms with Gasteiger partial charge < -0.3 is 0 Å². The third-order valence-electron chi connectivity index (χ3n) is 3.50. The number of hydrogen-bond acceptors (Lipinski definition) is 4. The minimum atomic E-state index is 0.424. The minimum absolute atomic E-state index is 0.424. The highest BCUT2D eigenvalue weighted by molar-refractivity contribution is 5.53. The van der Waals surface area contributed by atoms with Crippen molar-refractivity contribution in [2.24, 2.45) is 0 Å². The number of H-pyrrole nitrogens is 1. The molecule has 3 heterocycles. The van der Waals surface area contributed by atoms with E-state index < -0.39 is 0 Å². The molecular weight excluding hydrogens is 226 g/mol. The molecular formula is C13H17N5. The monoisotopic (exact) mass is 243 g/mol. The first-order chi connectivity index (χ1) is 8.74. The Balaban J connectivity index is 2.01. The molecule has 1 saturated heterocycles. The first kappa shape index (κ1) is 11.3. The lowest BCUT2D eigenvalue weighted by molar-refractivity contribution is 0.311. The van der Waals surface area contributed by atoms with Crippen molar-refractivity contribution >= 4 is 0 Å². The molecule has 2 aromatic heterocycles. The van der Waals surface area contributed by atoms with E-state index in [2.05, 4.69) is 38.2 Å². The highest BCUT2D eigenvalue weighted by Gasteiger charge is 2.24. The number of likely N-dealkylation sites (tertiary alicyclic amines) is 1. The molecule has 0 radical (unpaired) electrons. The Bertz CT molecular complexity index is 534. The van der Waals surface area contributed by atoms with Gasteiger partial charge in [-0.2, -0.15) is 5.10 Å². The van der Waals surface area contributed by atoms with Crippen LogP contribution in [0.4, 0.5) is 0 Å². The van der Waals surface area contributed by atoms with Gasteiger partial charge in [0, 0.05) is 6.20 Å². The zero-order valence-electron chi connectivity index (χ0n) is 10.7. The average molecular weight is 243 g/mol. The fraction of sp³-hybridized carbons (Fsp3) is 0.462. The Morgan fingerprint density at radius 1 is 1.39 bits per heavy atom. The van der Waals surface area contributed by atoms with Crippen molar-refractivity contribution in [3.8, 4) is 11.4 Å². The number of rotatable bonds is 2. The predicted octanol–water partition coefficient (Wildman–Crippen LogP) is 1.94. The molecule has 1 atom stereocenters. The molecule has 94 valence electrons. The van der Waals surface area contributed by atoms with E-state index in [4.69, 9.17) is 0 Å². The fourth-order valence-corrected chi connectivity index (χ4v) is 2.58. The quantitative estimate of drug-likeness (QED) is 0.875. The van der Waals surface area contributed by atoms with Gasteiger partial charge in [0.05, 0.1) is 23.1 Å². The smallest absolute Gasteiger partial charge is 0.126 e. The molecule has 0 spiro atoms. The van der Waals surface area contributed by atoms with E-state index in [-0.39, 0.29) is 0 Å². The van der Waals surface area contributed by atoms with Crippen LogP contribution in [-0.2, 0) is 0 Å². The second kappa shape index (κ2) is 4.49. The highest BCUT2D eigenvalue weighted by Crippen LogP contribution is 2.30. The SMILES string of the molecule is Cc1nc(-c2ccn[nH]2)cc([C@H]2CCCN2C)n1. The first-order valence-electron chi connectivity index (χ1n) is 6.29. The van der Waals surface area contributed by atoms with E-state index in [0.29, 0.717) is 6.04 Å². The molecule has 5 nitrogen and oxygen atoms in total. The van der Waals surface area contributed by atoms with Gasteiger partial charge in [0.1, 0.15) is 5.82 Å². The summed E-state index contributed by atoms with van der Waals surface area (Å²) in [5.74, 6) is 0.817. The van der Waals surface area contributed by atoms with Gasteiger partial charge in [0.2, 0.25) is 0 Å². The third-order valence-corrected chi connectivity index (χ3v) is 3.50. The maximum atomic E-state index is 4.59. The summed E-state index contributed by atoms with van der Waals surface area (Å²) in [6.45, 7) is 3.09. The van der Waals surface area contributed by atoms with Gasteiger partial charge >= 0.3 is 0 Å². The first-order valence-corrected chi connectivity index (χ1v) is 6.29. The third kappa shape index (κ3) is 2.01. The Hall–Kier alpha value is -1.75. The molecule has 5 heteroatoms. The van der Waals surface area contributed by atoms with Crippen LogP contribution in [0.15, 0.2) is 18.3 Å². The van der Waals surface area contributed by atoms with Crippen molar-refractivity contribution in [3.63, 3.8) is 0 Å². The molecule has 0 aliphatic carbocycles. The molecule has 3 rings (SSSR count). The molecule has 0 bridgehead atoms. The van der Waals surface area contributed by atoms with Crippen molar-refractivity contribution in [2.45, 2.75) is 25.8 Å². The van der Waals surface area contributed by atoms with Crippen LogP contribution in [0, 0.1) is 6.92 Å². The largest absolute Gasteiger partial charge is 0.298 e. The molecule has 0 saturated carbocycles. The summed E-state index contributed by atoms with van der Waals surface area (Å²) in [5.41, 5.74) is 2.99. The summed E-state index contributed by atoms with van der Waals surface area (Å²) in [5, 5.41) is 6.93. The molecule has 1 N–H and O–H groups in total. The van der Waals surface area contributed by atoms with Crippen molar-refractivity contribution in [2.75, 3.05) is 13.6 Å². The Kier molecular flexibility index (Phi) is 2.83. The van der Waals surface area contributed by atoms with Crippen molar-refractivity contribution in [3.05, 3.63) is 29.8 Å². The maximum absolute atomic E-state index is 4.59. The van der Waals surface area contributed by atoms with Gasteiger partial charge in [0.15, 0.2) is 0 Å². The molecule has 0 aromatic carbocycles. The zero-order valence-corrected chi connectivity index (χ0v) is 10.7. The zero-order chi connectivity index (χ0) is 12.5. The van der Waals surface area contributed by atoms with Gasteiger partial charge in [-0.15, -0.1) is 0 Å². The summed E-state index contributed by atoms with van der Waals surface area (Å²) >= 11 is 0. The van der Waals surface area contributed by atoms with Gasteiger partial charge in [-0.1, -0.05) is 0 Å².